The number of ether oxygens (including phenoxy) is 1. The van der Waals surface area contributed by atoms with Crippen LogP contribution in [-0.2, 0) is 6.61 Å². The summed E-state index contributed by atoms with van der Waals surface area (Å²) in [5, 5.41) is 2.28. The molecule has 1 aromatic heterocycles. The zero-order valence-electron chi connectivity index (χ0n) is 13.0. The Morgan fingerprint density at radius 1 is 1.04 bits per heavy atom. The van der Waals surface area contributed by atoms with Gasteiger partial charge in [0, 0.05) is 28.1 Å². The summed E-state index contributed by atoms with van der Waals surface area (Å²) >= 11 is 18.2. The van der Waals surface area contributed by atoms with Gasteiger partial charge in [0.25, 0.3) is 0 Å². The Bertz CT molecular complexity index is 993. The minimum atomic E-state index is -0.434. The van der Waals surface area contributed by atoms with Crippen LogP contribution >= 0.6 is 34.8 Å². The maximum atomic E-state index is 11.8. The second-order valence-electron chi connectivity index (χ2n) is 5.46. The van der Waals surface area contributed by atoms with E-state index in [1.807, 2.05) is 13.8 Å². The minimum absolute atomic E-state index is 0.181. The highest BCUT2D eigenvalue weighted by atomic mass is 35.5. The lowest BCUT2D eigenvalue weighted by Gasteiger charge is -2.12. The van der Waals surface area contributed by atoms with Crippen molar-refractivity contribution in [3.05, 3.63) is 72.5 Å². The van der Waals surface area contributed by atoms with Gasteiger partial charge in [-0.25, -0.2) is 4.79 Å². The first-order valence-electron chi connectivity index (χ1n) is 7.17. The molecule has 3 nitrogen and oxygen atoms in total. The summed E-state index contributed by atoms with van der Waals surface area (Å²) in [5.74, 6) is 0.557. The average molecular weight is 384 g/mol. The van der Waals surface area contributed by atoms with Crippen LogP contribution in [0.4, 0.5) is 0 Å². The van der Waals surface area contributed by atoms with Crippen molar-refractivity contribution in [2.24, 2.45) is 0 Å². The van der Waals surface area contributed by atoms with E-state index in [-0.39, 0.29) is 6.61 Å². The molecule has 0 bridgehead atoms. The van der Waals surface area contributed by atoms with E-state index in [0.717, 1.165) is 16.5 Å². The number of rotatable bonds is 3. The first kappa shape index (κ1) is 17.2. The van der Waals surface area contributed by atoms with Gasteiger partial charge >= 0.3 is 5.63 Å². The van der Waals surface area contributed by atoms with Gasteiger partial charge in [-0.1, -0.05) is 34.8 Å². The zero-order chi connectivity index (χ0) is 17.4. The fourth-order valence-electron chi connectivity index (χ4n) is 2.60. The zero-order valence-corrected chi connectivity index (χ0v) is 15.2. The van der Waals surface area contributed by atoms with Crippen LogP contribution in [0, 0.1) is 13.8 Å². The fourth-order valence-corrected chi connectivity index (χ4v) is 3.03. The van der Waals surface area contributed by atoms with Crippen molar-refractivity contribution < 1.29 is 9.15 Å². The number of benzene rings is 2. The molecular weight excluding hydrogens is 371 g/mol. The Morgan fingerprint density at radius 2 is 1.79 bits per heavy atom. The second kappa shape index (κ2) is 6.67. The van der Waals surface area contributed by atoms with Crippen molar-refractivity contribution in [2.75, 3.05) is 0 Å². The van der Waals surface area contributed by atoms with Gasteiger partial charge in [-0.3, -0.25) is 0 Å². The Hall–Kier alpha value is -1.68. The van der Waals surface area contributed by atoms with Gasteiger partial charge in [-0.2, -0.15) is 0 Å². The monoisotopic (exact) mass is 382 g/mol. The lowest BCUT2D eigenvalue weighted by molar-refractivity contribution is 0.306. The third kappa shape index (κ3) is 3.25. The van der Waals surface area contributed by atoms with Crippen LogP contribution in [0.15, 0.2) is 39.5 Å². The molecule has 0 amide bonds. The second-order valence-corrected chi connectivity index (χ2v) is 6.65. The Balaban J connectivity index is 2.04. The normalized spacial score (nSPS) is 11.0. The molecule has 0 N–H and O–H groups in total. The molecule has 0 saturated carbocycles. The predicted molar refractivity (Wildman–Crippen MR) is 97.8 cm³/mol. The maximum Gasteiger partial charge on any atom is 0.336 e. The van der Waals surface area contributed by atoms with Gasteiger partial charge in [0.15, 0.2) is 0 Å². The average Bonchev–Trinajstić information content (AvgIpc) is 2.53. The summed E-state index contributed by atoms with van der Waals surface area (Å²) in [6.45, 7) is 3.94. The van der Waals surface area contributed by atoms with Crippen molar-refractivity contribution in [1.82, 2.24) is 0 Å². The summed E-state index contributed by atoms with van der Waals surface area (Å²) < 4.78 is 11.0. The van der Waals surface area contributed by atoms with Crippen molar-refractivity contribution in [3.8, 4) is 5.75 Å². The summed E-state index contributed by atoms with van der Waals surface area (Å²) in [7, 11) is 0. The van der Waals surface area contributed by atoms with Gasteiger partial charge in [-0.05, 0) is 43.2 Å². The Morgan fingerprint density at radius 3 is 2.50 bits per heavy atom. The standard InChI is InChI=1S/C18H13Cl3O3/c1-9-5-15-17(10(2)18(9)21)11(6-16(22)24-15)8-23-12-3-4-13(19)14(20)7-12/h3-7H,8H2,1-2H3. The highest BCUT2D eigenvalue weighted by molar-refractivity contribution is 6.42. The fraction of sp³-hybridized carbons (Fsp3) is 0.167. The SMILES string of the molecule is Cc1cc2oc(=O)cc(COc3ccc(Cl)c(Cl)c3)c2c(C)c1Cl. The van der Waals surface area contributed by atoms with Crippen LogP contribution in [0.25, 0.3) is 11.0 Å². The number of hydrogen-bond donors (Lipinski definition) is 0. The number of hydrogen-bond acceptors (Lipinski definition) is 3. The van der Waals surface area contributed by atoms with E-state index in [0.29, 0.717) is 32.0 Å². The molecule has 0 spiro atoms. The summed E-state index contributed by atoms with van der Waals surface area (Å²) in [6.07, 6.45) is 0. The maximum absolute atomic E-state index is 11.8. The third-order valence-electron chi connectivity index (χ3n) is 3.75. The quantitative estimate of drug-likeness (QED) is 0.525. The molecule has 3 aromatic rings. The van der Waals surface area contributed by atoms with E-state index in [2.05, 4.69) is 0 Å². The van der Waals surface area contributed by atoms with Gasteiger partial charge in [0.1, 0.15) is 17.9 Å². The first-order valence-corrected chi connectivity index (χ1v) is 8.30. The Kier molecular flexibility index (Phi) is 4.77. The van der Waals surface area contributed by atoms with Crippen molar-refractivity contribution in [1.29, 1.82) is 0 Å². The van der Waals surface area contributed by atoms with Crippen molar-refractivity contribution >= 4 is 45.8 Å². The summed E-state index contributed by atoms with van der Waals surface area (Å²) in [4.78, 5) is 11.8. The number of fused-ring (bicyclic) bond motifs is 1. The van der Waals surface area contributed by atoms with Crippen LogP contribution in [-0.4, -0.2) is 0 Å². The molecule has 6 heteroatoms. The number of halogens is 3. The summed E-state index contributed by atoms with van der Waals surface area (Å²) in [5.41, 5.74) is 2.47. The van der Waals surface area contributed by atoms with Gasteiger partial charge in [-0.15, -0.1) is 0 Å². The molecule has 0 aliphatic carbocycles. The lowest BCUT2D eigenvalue weighted by atomic mass is 10.0. The molecule has 2 aromatic carbocycles. The molecule has 0 saturated heterocycles. The highest BCUT2D eigenvalue weighted by Crippen LogP contribution is 2.31. The molecule has 1 heterocycles. The van der Waals surface area contributed by atoms with E-state index < -0.39 is 5.63 Å². The topological polar surface area (TPSA) is 39.4 Å². The van der Waals surface area contributed by atoms with Crippen LogP contribution in [0.2, 0.25) is 15.1 Å². The molecule has 24 heavy (non-hydrogen) atoms. The van der Waals surface area contributed by atoms with E-state index in [4.69, 9.17) is 44.0 Å². The molecule has 0 aliphatic rings. The Labute approximate surface area is 153 Å². The molecule has 3 rings (SSSR count). The molecule has 0 radical (unpaired) electrons. The van der Waals surface area contributed by atoms with Crippen LogP contribution in [0.3, 0.4) is 0 Å². The third-order valence-corrected chi connectivity index (χ3v) is 5.07. The van der Waals surface area contributed by atoms with Crippen LogP contribution in [0.1, 0.15) is 16.7 Å². The van der Waals surface area contributed by atoms with E-state index in [9.17, 15) is 4.79 Å². The van der Waals surface area contributed by atoms with Crippen molar-refractivity contribution in [3.63, 3.8) is 0 Å². The van der Waals surface area contributed by atoms with Gasteiger partial charge in [0.2, 0.25) is 0 Å². The van der Waals surface area contributed by atoms with Crippen LogP contribution < -0.4 is 10.4 Å². The van der Waals surface area contributed by atoms with Gasteiger partial charge in [0.05, 0.1) is 10.0 Å². The molecule has 0 atom stereocenters. The van der Waals surface area contributed by atoms with E-state index in [1.165, 1.54) is 6.07 Å². The first-order chi connectivity index (χ1) is 11.4. The highest BCUT2D eigenvalue weighted by Gasteiger charge is 2.13. The lowest BCUT2D eigenvalue weighted by Crippen LogP contribution is -2.05. The minimum Gasteiger partial charge on any atom is -0.489 e. The molecule has 0 fully saturated rings. The molecular formula is C18H13Cl3O3. The molecule has 124 valence electrons. The molecule has 0 aliphatic heterocycles. The predicted octanol–water partition coefficient (Wildman–Crippen LogP) is 5.95. The largest absolute Gasteiger partial charge is 0.489 e. The van der Waals surface area contributed by atoms with Crippen molar-refractivity contribution in [2.45, 2.75) is 20.5 Å². The summed E-state index contributed by atoms with van der Waals surface area (Å²) in [6, 6.07) is 8.17. The smallest absolute Gasteiger partial charge is 0.336 e. The van der Waals surface area contributed by atoms with Gasteiger partial charge < -0.3 is 9.15 Å². The molecule has 0 unspecified atom stereocenters. The van der Waals surface area contributed by atoms with E-state index in [1.54, 1.807) is 24.3 Å². The van der Waals surface area contributed by atoms with E-state index >= 15 is 0 Å². The number of aryl methyl sites for hydroxylation is 2. The van der Waals surface area contributed by atoms with Crippen LogP contribution in [0.5, 0.6) is 5.75 Å².